The molecule has 0 aromatic heterocycles. The fourth-order valence-electron chi connectivity index (χ4n) is 1.94. The Morgan fingerprint density at radius 1 is 1.08 bits per heavy atom. The van der Waals surface area contributed by atoms with Crippen molar-refractivity contribution in [3.8, 4) is 0 Å². The lowest BCUT2D eigenvalue weighted by atomic mass is 9.81. The molecule has 0 amide bonds. The highest BCUT2D eigenvalue weighted by Gasteiger charge is 2.17. The smallest absolute Gasteiger partial charge is 0.0329 e. The Morgan fingerprint density at radius 2 is 1.67 bits per heavy atom. The van der Waals surface area contributed by atoms with Crippen LogP contribution in [0, 0.1) is 17.8 Å². The predicted octanol–water partition coefficient (Wildman–Crippen LogP) is 4.21. The van der Waals surface area contributed by atoms with Crippen LogP contribution in [0.15, 0.2) is 0 Å². The predicted molar refractivity (Wildman–Crippen MR) is 54.9 cm³/mol. The van der Waals surface area contributed by atoms with Crippen molar-refractivity contribution in [1.82, 2.24) is 0 Å². The van der Waals surface area contributed by atoms with E-state index in [0.717, 1.165) is 5.92 Å². The zero-order valence-electron chi connectivity index (χ0n) is 8.90. The first kappa shape index (κ1) is 10.1. The maximum atomic E-state index is 2.50. The van der Waals surface area contributed by atoms with Crippen LogP contribution in [0.4, 0.5) is 0 Å². The summed E-state index contributed by atoms with van der Waals surface area (Å²) in [5.41, 5.74) is 0.428. The van der Waals surface area contributed by atoms with Gasteiger partial charge in [-0.3, -0.25) is 0 Å². The summed E-state index contributed by atoms with van der Waals surface area (Å²) in [7, 11) is 0. The summed E-state index contributed by atoms with van der Waals surface area (Å²) < 4.78 is 0. The van der Waals surface area contributed by atoms with Crippen molar-refractivity contribution in [2.45, 2.75) is 59.3 Å². The fourth-order valence-corrected chi connectivity index (χ4v) is 1.94. The van der Waals surface area contributed by atoms with Crippen molar-refractivity contribution in [1.29, 1.82) is 0 Å². The minimum atomic E-state index is 0.428. The molecule has 1 aliphatic carbocycles. The highest BCUT2D eigenvalue weighted by molar-refractivity contribution is 4.83. The standard InChI is InChI=1S/C12H23/c1-12(2,3)10-9-11-7-5-4-6-8-11/h10-11H,4-9H2,1-3H3. The van der Waals surface area contributed by atoms with Crippen LogP contribution in [0.1, 0.15) is 59.3 Å². The molecule has 0 nitrogen and oxygen atoms in total. The number of hydrogen-bond donors (Lipinski definition) is 0. The number of hydrogen-bond acceptors (Lipinski definition) is 0. The van der Waals surface area contributed by atoms with E-state index in [1.165, 1.54) is 38.5 Å². The molecule has 1 saturated carbocycles. The van der Waals surface area contributed by atoms with Crippen molar-refractivity contribution in [2.75, 3.05) is 0 Å². The van der Waals surface area contributed by atoms with Gasteiger partial charge in [0.25, 0.3) is 0 Å². The van der Waals surface area contributed by atoms with E-state index < -0.39 is 0 Å². The van der Waals surface area contributed by atoms with Crippen LogP contribution in [0.2, 0.25) is 0 Å². The molecule has 0 saturated heterocycles. The summed E-state index contributed by atoms with van der Waals surface area (Å²) in [5, 5.41) is 0. The Hall–Kier alpha value is 0. The van der Waals surface area contributed by atoms with E-state index in [2.05, 4.69) is 27.2 Å². The molecule has 0 heterocycles. The normalized spacial score (nSPS) is 21.2. The molecule has 1 fully saturated rings. The molecule has 1 radical (unpaired) electrons. The summed E-state index contributed by atoms with van der Waals surface area (Å²) >= 11 is 0. The van der Waals surface area contributed by atoms with Gasteiger partial charge in [0.2, 0.25) is 0 Å². The zero-order chi connectivity index (χ0) is 9.03. The second kappa shape index (κ2) is 4.30. The Kier molecular flexibility index (Phi) is 3.61. The molecule has 0 aliphatic heterocycles. The first-order valence-corrected chi connectivity index (χ1v) is 5.42. The molecule has 1 aliphatic rings. The van der Waals surface area contributed by atoms with Gasteiger partial charge >= 0.3 is 0 Å². The average Bonchev–Trinajstić information content (AvgIpc) is 2.02. The van der Waals surface area contributed by atoms with Crippen LogP contribution in [-0.2, 0) is 0 Å². The van der Waals surface area contributed by atoms with Crippen molar-refractivity contribution in [3.05, 3.63) is 6.42 Å². The van der Waals surface area contributed by atoms with Crippen molar-refractivity contribution in [2.24, 2.45) is 11.3 Å². The van der Waals surface area contributed by atoms with E-state index in [1.807, 2.05) is 0 Å². The van der Waals surface area contributed by atoms with Gasteiger partial charge in [0, 0.05) is 0 Å². The van der Waals surface area contributed by atoms with Gasteiger partial charge in [-0.1, -0.05) is 52.9 Å². The van der Waals surface area contributed by atoms with E-state index in [1.54, 1.807) is 0 Å². The van der Waals surface area contributed by atoms with Gasteiger partial charge in [-0.05, 0) is 24.2 Å². The van der Waals surface area contributed by atoms with Crippen molar-refractivity contribution < 1.29 is 0 Å². The lowest BCUT2D eigenvalue weighted by Gasteiger charge is -2.25. The van der Waals surface area contributed by atoms with Gasteiger partial charge in [0.15, 0.2) is 0 Å². The topological polar surface area (TPSA) is 0 Å². The van der Waals surface area contributed by atoms with E-state index in [4.69, 9.17) is 0 Å². The van der Waals surface area contributed by atoms with E-state index in [9.17, 15) is 0 Å². The molecule has 0 N–H and O–H groups in total. The molecular formula is C12H23. The number of rotatable bonds is 2. The molecule has 0 aromatic carbocycles. The van der Waals surface area contributed by atoms with Gasteiger partial charge in [-0.15, -0.1) is 0 Å². The lowest BCUT2D eigenvalue weighted by Crippen LogP contribution is -2.12. The van der Waals surface area contributed by atoms with Gasteiger partial charge < -0.3 is 0 Å². The van der Waals surface area contributed by atoms with E-state index in [0.29, 0.717) is 5.41 Å². The minimum Gasteiger partial charge on any atom is -0.0599 e. The SMILES string of the molecule is CC(C)(C)[CH]CC1CCCCC1. The van der Waals surface area contributed by atoms with Crippen molar-refractivity contribution >= 4 is 0 Å². The third-order valence-corrected chi connectivity index (χ3v) is 2.79. The molecule has 0 spiro atoms. The molecule has 71 valence electrons. The second-order valence-electron chi connectivity index (χ2n) is 5.31. The third-order valence-electron chi connectivity index (χ3n) is 2.79. The first-order chi connectivity index (χ1) is 5.58. The Morgan fingerprint density at radius 3 is 2.17 bits per heavy atom. The van der Waals surface area contributed by atoms with Gasteiger partial charge in [-0.25, -0.2) is 0 Å². The lowest BCUT2D eigenvalue weighted by molar-refractivity contribution is 0.329. The quantitative estimate of drug-likeness (QED) is 0.578. The molecule has 0 aromatic rings. The van der Waals surface area contributed by atoms with Gasteiger partial charge in [-0.2, -0.15) is 0 Å². The van der Waals surface area contributed by atoms with Crippen LogP contribution >= 0.6 is 0 Å². The summed E-state index contributed by atoms with van der Waals surface area (Å²) in [6.45, 7) is 6.90. The van der Waals surface area contributed by atoms with Crippen LogP contribution < -0.4 is 0 Å². The van der Waals surface area contributed by atoms with Crippen LogP contribution in [-0.4, -0.2) is 0 Å². The molecule has 0 atom stereocenters. The first-order valence-electron chi connectivity index (χ1n) is 5.42. The Bertz CT molecular complexity index is 112. The maximum absolute atomic E-state index is 2.50. The maximum Gasteiger partial charge on any atom is -0.0329 e. The van der Waals surface area contributed by atoms with Crippen LogP contribution in [0.3, 0.4) is 0 Å². The van der Waals surface area contributed by atoms with Crippen LogP contribution in [0.5, 0.6) is 0 Å². The highest BCUT2D eigenvalue weighted by atomic mass is 14.2. The summed E-state index contributed by atoms with van der Waals surface area (Å²) in [4.78, 5) is 0. The van der Waals surface area contributed by atoms with E-state index >= 15 is 0 Å². The Balaban J connectivity index is 2.13. The monoisotopic (exact) mass is 167 g/mol. The molecule has 12 heavy (non-hydrogen) atoms. The molecule has 0 bridgehead atoms. The summed E-state index contributed by atoms with van der Waals surface area (Å²) in [5.74, 6) is 1.01. The molecule has 0 heteroatoms. The van der Waals surface area contributed by atoms with Gasteiger partial charge in [0.05, 0.1) is 0 Å². The van der Waals surface area contributed by atoms with Gasteiger partial charge in [0.1, 0.15) is 0 Å². The average molecular weight is 167 g/mol. The molecule has 0 unspecified atom stereocenters. The fraction of sp³-hybridized carbons (Fsp3) is 0.917. The van der Waals surface area contributed by atoms with Crippen LogP contribution in [0.25, 0.3) is 0 Å². The van der Waals surface area contributed by atoms with E-state index in [-0.39, 0.29) is 0 Å². The Labute approximate surface area is 77.7 Å². The summed E-state index contributed by atoms with van der Waals surface area (Å²) in [6.07, 6.45) is 11.2. The molecule has 1 rings (SSSR count). The largest absolute Gasteiger partial charge is 0.0599 e. The minimum absolute atomic E-state index is 0.428. The zero-order valence-corrected chi connectivity index (χ0v) is 8.90. The van der Waals surface area contributed by atoms with Crippen molar-refractivity contribution in [3.63, 3.8) is 0 Å². The highest BCUT2D eigenvalue weighted by Crippen LogP contribution is 2.30. The molecular weight excluding hydrogens is 144 g/mol. The third kappa shape index (κ3) is 4.13. The summed E-state index contributed by atoms with van der Waals surface area (Å²) in [6, 6.07) is 0. The second-order valence-corrected chi connectivity index (χ2v) is 5.31.